The molecule has 3 rings (SSSR count). The van der Waals surface area contributed by atoms with Crippen molar-refractivity contribution in [2.24, 2.45) is 0 Å². The molecular formula is C21H25FN2O. The van der Waals surface area contributed by atoms with Crippen LogP contribution in [0.4, 0.5) is 4.39 Å². The summed E-state index contributed by atoms with van der Waals surface area (Å²) in [5.74, 6) is 0.229. The van der Waals surface area contributed by atoms with E-state index in [-0.39, 0.29) is 16.9 Å². The van der Waals surface area contributed by atoms with E-state index in [0.29, 0.717) is 17.0 Å². The average Bonchev–Trinajstić information content (AvgIpc) is 2.62. The molecular weight excluding hydrogens is 315 g/mol. The molecule has 2 aromatic carbocycles. The quantitative estimate of drug-likeness (QED) is 0.635. The molecule has 1 aromatic heterocycles. The molecule has 1 atom stereocenters. The molecule has 0 radical (unpaired) electrons. The molecule has 0 aliphatic carbocycles. The third-order valence-corrected chi connectivity index (χ3v) is 3.94. The van der Waals surface area contributed by atoms with Crippen molar-refractivity contribution in [1.29, 1.82) is 0 Å². The van der Waals surface area contributed by atoms with Gasteiger partial charge in [-0.15, -0.1) is 0 Å². The third kappa shape index (κ3) is 3.95. The minimum absolute atomic E-state index is 0.0402. The molecule has 0 aliphatic heterocycles. The zero-order chi connectivity index (χ0) is 18.4. The van der Waals surface area contributed by atoms with Gasteiger partial charge in [0.1, 0.15) is 17.0 Å². The standard InChI is InChI=1S/C18H17FN2O.C3H8/c1-3-12(2)17-20-15-11-7-10-14(19)16(15)18(22)21(17)13-8-5-4-6-9-13;1-3-2/h4-12H,3H2,1-2H3;3H2,1-2H3/t12-;/m0./s1. The number of halogens is 1. The first-order valence-corrected chi connectivity index (χ1v) is 8.81. The Balaban J connectivity index is 0.000000701. The van der Waals surface area contributed by atoms with Gasteiger partial charge in [-0.1, -0.05) is 58.4 Å². The highest BCUT2D eigenvalue weighted by atomic mass is 19.1. The van der Waals surface area contributed by atoms with Crippen LogP contribution in [0.3, 0.4) is 0 Å². The summed E-state index contributed by atoms with van der Waals surface area (Å²) in [5.41, 5.74) is 0.762. The van der Waals surface area contributed by atoms with Crippen molar-refractivity contribution >= 4 is 10.9 Å². The van der Waals surface area contributed by atoms with E-state index in [0.717, 1.165) is 6.42 Å². The topological polar surface area (TPSA) is 34.9 Å². The summed E-state index contributed by atoms with van der Waals surface area (Å²) < 4.78 is 15.6. The maximum atomic E-state index is 14.1. The van der Waals surface area contributed by atoms with Crippen LogP contribution in [-0.4, -0.2) is 9.55 Å². The molecule has 25 heavy (non-hydrogen) atoms. The number of rotatable bonds is 3. The molecule has 1 heterocycles. The molecule has 0 amide bonds. The number of para-hydroxylation sites is 1. The van der Waals surface area contributed by atoms with E-state index >= 15 is 0 Å². The predicted octanol–water partition coefficient (Wildman–Crippen LogP) is 5.45. The first kappa shape index (κ1) is 18.8. The third-order valence-electron chi connectivity index (χ3n) is 3.94. The fraction of sp³-hybridized carbons (Fsp3) is 0.333. The first-order chi connectivity index (χ1) is 12.0. The van der Waals surface area contributed by atoms with Crippen molar-refractivity contribution in [2.75, 3.05) is 0 Å². The van der Waals surface area contributed by atoms with Crippen LogP contribution < -0.4 is 5.56 Å². The second-order valence-corrected chi connectivity index (χ2v) is 6.10. The van der Waals surface area contributed by atoms with Gasteiger partial charge in [-0.25, -0.2) is 9.37 Å². The molecule has 132 valence electrons. The summed E-state index contributed by atoms with van der Waals surface area (Å²) in [7, 11) is 0. The van der Waals surface area contributed by atoms with Crippen molar-refractivity contribution in [1.82, 2.24) is 9.55 Å². The van der Waals surface area contributed by atoms with Crippen molar-refractivity contribution in [3.05, 3.63) is 70.5 Å². The summed E-state index contributed by atoms with van der Waals surface area (Å²) in [4.78, 5) is 17.4. The smallest absolute Gasteiger partial charge is 0.268 e. The van der Waals surface area contributed by atoms with Crippen LogP contribution in [0.15, 0.2) is 53.3 Å². The van der Waals surface area contributed by atoms with Crippen LogP contribution in [0.1, 0.15) is 52.3 Å². The molecule has 0 saturated heterocycles. The Kier molecular flexibility index (Phi) is 6.45. The monoisotopic (exact) mass is 340 g/mol. The molecule has 0 N–H and O–H groups in total. The molecule has 0 saturated carbocycles. The van der Waals surface area contributed by atoms with Crippen LogP contribution in [0.25, 0.3) is 16.6 Å². The van der Waals surface area contributed by atoms with Gasteiger partial charge >= 0.3 is 0 Å². The van der Waals surface area contributed by atoms with E-state index in [2.05, 4.69) is 18.8 Å². The van der Waals surface area contributed by atoms with Gasteiger partial charge < -0.3 is 0 Å². The Hall–Kier alpha value is -2.49. The molecule has 4 heteroatoms. The highest BCUT2D eigenvalue weighted by molar-refractivity contribution is 5.78. The number of benzene rings is 2. The molecule has 3 aromatic rings. The average molecular weight is 340 g/mol. The van der Waals surface area contributed by atoms with Gasteiger partial charge in [0, 0.05) is 5.92 Å². The minimum atomic E-state index is -0.532. The minimum Gasteiger partial charge on any atom is -0.268 e. The van der Waals surface area contributed by atoms with Crippen molar-refractivity contribution in [3.8, 4) is 5.69 Å². The second kappa shape index (κ2) is 8.56. The van der Waals surface area contributed by atoms with Crippen LogP contribution in [-0.2, 0) is 0 Å². The lowest BCUT2D eigenvalue weighted by atomic mass is 10.1. The molecule has 0 spiro atoms. The van der Waals surface area contributed by atoms with Gasteiger partial charge in [0.2, 0.25) is 0 Å². The van der Waals surface area contributed by atoms with Crippen molar-refractivity contribution in [3.63, 3.8) is 0 Å². The van der Waals surface area contributed by atoms with Crippen LogP contribution in [0, 0.1) is 5.82 Å². The normalized spacial score (nSPS) is 11.7. The zero-order valence-electron chi connectivity index (χ0n) is 15.3. The van der Waals surface area contributed by atoms with E-state index in [1.807, 2.05) is 44.2 Å². The van der Waals surface area contributed by atoms with Gasteiger partial charge in [-0.05, 0) is 30.7 Å². The maximum absolute atomic E-state index is 14.1. The lowest BCUT2D eigenvalue weighted by molar-refractivity contribution is 0.627. The Morgan fingerprint density at radius 2 is 1.68 bits per heavy atom. The summed E-state index contributed by atoms with van der Waals surface area (Å²) in [6, 6.07) is 13.8. The fourth-order valence-electron chi connectivity index (χ4n) is 2.55. The SMILES string of the molecule is CCC.CC[C@H](C)c1nc2cccc(F)c2c(=O)n1-c1ccccc1. The zero-order valence-corrected chi connectivity index (χ0v) is 15.3. The van der Waals surface area contributed by atoms with E-state index in [9.17, 15) is 9.18 Å². The van der Waals surface area contributed by atoms with Gasteiger partial charge in [0.05, 0.1) is 11.2 Å². The first-order valence-electron chi connectivity index (χ1n) is 8.81. The number of nitrogens with zero attached hydrogens (tertiary/aromatic N) is 2. The Morgan fingerprint density at radius 3 is 2.28 bits per heavy atom. The Labute approximate surface area is 148 Å². The lowest BCUT2D eigenvalue weighted by Gasteiger charge is -2.17. The molecule has 3 nitrogen and oxygen atoms in total. The van der Waals surface area contributed by atoms with E-state index in [4.69, 9.17) is 0 Å². The summed E-state index contributed by atoms with van der Waals surface area (Å²) in [6.07, 6.45) is 2.10. The van der Waals surface area contributed by atoms with Gasteiger partial charge in [-0.3, -0.25) is 9.36 Å². The van der Waals surface area contributed by atoms with E-state index in [1.54, 1.807) is 12.1 Å². The number of fused-ring (bicyclic) bond motifs is 1. The fourth-order valence-corrected chi connectivity index (χ4v) is 2.55. The lowest BCUT2D eigenvalue weighted by Crippen LogP contribution is -2.25. The predicted molar refractivity (Wildman–Crippen MR) is 102 cm³/mol. The Bertz CT molecular complexity index is 888. The number of hydrogen-bond donors (Lipinski definition) is 0. The number of aromatic nitrogens is 2. The maximum Gasteiger partial charge on any atom is 0.268 e. The number of hydrogen-bond acceptors (Lipinski definition) is 2. The van der Waals surface area contributed by atoms with Crippen molar-refractivity contribution in [2.45, 2.75) is 46.5 Å². The van der Waals surface area contributed by atoms with E-state index in [1.165, 1.54) is 17.1 Å². The van der Waals surface area contributed by atoms with Gasteiger partial charge in [0.25, 0.3) is 5.56 Å². The summed E-state index contributed by atoms with van der Waals surface area (Å²) in [6.45, 7) is 8.31. The Morgan fingerprint density at radius 1 is 1.04 bits per heavy atom. The molecule has 0 bridgehead atoms. The molecule has 0 unspecified atom stereocenters. The molecule has 0 fully saturated rings. The van der Waals surface area contributed by atoms with Gasteiger partial charge in [0.15, 0.2) is 0 Å². The summed E-state index contributed by atoms with van der Waals surface area (Å²) >= 11 is 0. The second-order valence-electron chi connectivity index (χ2n) is 6.10. The van der Waals surface area contributed by atoms with Gasteiger partial charge in [-0.2, -0.15) is 0 Å². The van der Waals surface area contributed by atoms with Crippen LogP contribution in [0.2, 0.25) is 0 Å². The van der Waals surface area contributed by atoms with E-state index < -0.39 is 5.82 Å². The van der Waals surface area contributed by atoms with Crippen molar-refractivity contribution < 1.29 is 4.39 Å². The van der Waals surface area contributed by atoms with Crippen LogP contribution >= 0.6 is 0 Å². The largest absolute Gasteiger partial charge is 0.268 e. The highest BCUT2D eigenvalue weighted by Gasteiger charge is 2.18. The highest BCUT2D eigenvalue weighted by Crippen LogP contribution is 2.22. The van der Waals surface area contributed by atoms with Crippen LogP contribution in [0.5, 0.6) is 0 Å². The molecule has 0 aliphatic rings. The summed E-state index contributed by atoms with van der Waals surface area (Å²) in [5, 5.41) is 0.0402.